The monoisotopic (exact) mass is 433 g/mol. The third kappa shape index (κ3) is 3.99. The Kier molecular flexibility index (Phi) is 5.66. The number of sulfonamides is 1. The van der Waals surface area contributed by atoms with Crippen LogP contribution in [0, 0.1) is 12.3 Å². The van der Waals surface area contributed by atoms with Crippen molar-refractivity contribution in [1.29, 1.82) is 0 Å². The summed E-state index contributed by atoms with van der Waals surface area (Å²) in [5, 5.41) is 0. The number of aryl methyl sites for hydroxylation is 1. The van der Waals surface area contributed by atoms with Gasteiger partial charge < -0.3 is 9.31 Å². The molecule has 30 heavy (non-hydrogen) atoms. The molecule has 5 nitrogen and oxygen atoms in total. The van der Waals surface area contributed by atoms with Gasteiger partial charge in [-0.2, -0.15) is 4.31 Å². The van der Waals surface area contributed by atoms with Gasteiger partial charge in [0.2, 0.25) is 10.0 Å². The first-order chi connectivity index (χ1) is 13.9. The van der Waals surface area contributed by atoms with Crippen molar-refractivity contribution in [2.75, 3.05) is 6.54 Å². The molecule has 1 unspecified atom stereocenters. The molecule has 0 aromatic heterocycles. The first-order valence-electron chi connectivity index (χ1n) is 11.4. The van der Waals surface area contributed by atoms with Crippen LogP contribution in [0.4, 0.5) is 0 Å². The van der Waals surface area contributed by atoms with Crippen LogP contribution in [0.25, 0.3) is 0 Å². The standard InChI is InChI=1S/C23H36BNO4S/c1-18-9-11-20(12-10-18)30(26,27)25-17-23(13-7-6-8-14-23)15-19(25)16-24-28-21(2,3)22(4,5)29-24/h9-12,19H,6-8,13-17H2,1-5H3. The molecule has 0 radical (unpaired) electrons. The smallest absolute Gasteiger partial charge is 0.403 e. The van der Waals surface area contributed by atoms with E-state index in [9.17, 15) is 8.42 Å². The molecule has 166 valence electrons. The summed E-state index contributed by atoms with van der Waals surface area (Å²) < 4.78 is 41.6. The lowest BCUT2D eigenvalue weighted by atomic mass is 9.70. The third-order valence-corrected chi connectivity index (χ3v) is 9.79. The zero-order valence-corrected chi connectivity index (χ0v) is 19.9. The summed E-state index contributed by atoms with van der Waals surface area (Å²) in [6.07, 6.45) is 7.37. The highest BCUT2D eigenvalue weighted by Gasteiger charge is 2.55. The van der Waals surface area contributed by atoms with E-state index < -0.39 is 21.2 Å². The summed E-state index contributed by atoms with van der Waals surface area (Å²) in [6, 6.07) is 7.14. The quantitative estimate of drug-likeness (QED) is 0.640. The van der Waals surface area contributed by atoms with E-state index in [1.54, 1.807) is 16.4 Å². The molecule has 1 saturated carbocycles. The summed E-state index contributed by atoms with van der Waals surface area (Å²) in [5.74, 6) is 0. The molecule has 4 rings (SSSR count). The minimum Gasteiger partial charge on any atom is -0.403 e. The van der Waals surface area contributed by atoms with E-state index in [0.29, 0.717) is 17.8 Å². The summed E-state index contributed by atoms with van der Waals surface area (Å²) in [4.78, 5) is 0.389. The van der Waals surface area contributed by atoms with Crippen molar-refractivity contribution in [2.24, 2.45) is 5.41 Å². The Hall–Kier alpha value is -0.885. The molecule has 2 heterocycles. The maximum Gasteiger partial charge on any atom is 0.459 e. The molecular weight excluding hydrogens is 397 g/mol. The van der Waals surface area contributed by atoms with Crippen molar-refractivity contribution in [1.82, 2.24) is 4.31 Å². The van der Waals surface area contributed by atoms with Crippen LogP contribution in [0.15, 0.2) is 29.2 Å². The molecule has 3 aliphatic rings. The van der Waals surface area contributed by atoms with Crippen LogP contribution < -0.4 is 0 Å². The van der Waals surface area contributed by atoms with Crippen molar-refractivity contribution >= 4 is 17.1 Å². The molecule has 7 heteroatoms. The van der Waals surface area contributed by atoms with Gasteiger partial charge in [0.15, 0.2) is 0 Å². The van der Waals surface area contributed by atoms with Gasteiger partial charge in [-0.3, -0.25) is 0 Å². The van der Waals surface area contributed by atoms with Crippen molar-refractivity contribution in [3.05, 3.63) is 29.8 Å². The molecule has 1 aromatic carbocycles. The Labute approximate surface area is 182 Å². The Morgan fingerprint density at radius 2 is 1.57 bits per heavy atom. The molecule has 2 aliphatic heterocycles. The molecule has 1 aromatic rings. The molecule has 3 fully saturated rings. The number of hydrogen-bond acceptors (Lipinski definition) is 4. The van der Waals surface area contributed by atoms with Gasteiger partial charge in [0, 0.05) is 12.6 Å². The average molecular weight is 433 g/mol. The summed E-state index contributed by atoms with van der Waals surface area (Å²) in [6.45, 7) is 10.8. The van der Waals surface area contributed by atoms with E-state index in [1.807, 2.05) is 46.8 Å². The summed E-state index contributed by atoms with van der Waals surface area (Å²) >= 11 is 0. The Morgan fingerprint density at radius 1 is 1.00 bits per heavy atom. The van der Waals surface area contributed by atoms with Crippen molar-refractivity contribution in [3.63, 3.8) is 0 Å². The lowest BCUT2D eigenvalue weighted by Gasteiger charge is -2.33. The van der Waals surface area contributed by atoms with Gasteiger partial charge in [-0.1, -0.05) is 37.0 Å². The maximum atomic E-state index is 13.7. The van der Waals surface area contributed by atoms with Gasteiger partial charge in [0.05, 0.1) is 16.1 Å². The lowest BCUT2D eigenvalue weighted by molar-refractivity contribution is 0.00578. The van der Waals surface area contributed by atoms with Crippen molar-refractivity contribution < 1.29 is 17.7 Å². The second-order valence-electron chi connectivity index (χ2n) is 10.7. The zero-order chi connectivity index (χ0) is 21.8. The van der Waals surface area contributed by atoms with Crippen molar-refractivity contribution in [3.8, 4) is 0 Å². The number of rotatable bonds is 4. The largest absolute Gasteiger partial charge is 0.459 e. The van der Waals surface area contributed by atoms with E-state index in [4.69, 9.17) is 9.31 Å². The van der Waals surface area contributed by atoms with Crippen LogP contribution in [0.1, 0.15) is 71.8 Å². The van der Waals surface area contributed by atoms with Crippen LogP contribution in [-0.2, 0) is 19.3 Å². The van der Waals surface area contributed by atoms with Crippen molar-refractivity contribution in [2.45, 2.75) is 102 Å². The zero-order valence-electron chi connectivity index (χ0n) is 19.1. The number of benzene rings is 1. The molecule has 1 aliphatic carbocycles. The molecule has 0 N–H and O–H groups in total. The van der Waals surface area contributed by atoms with Crippen LogP contribution in [0.5, 0.6) is 0 Å². The fourth-order valence-electron chi connectivity index (χ4n) is 5.40. The lowest BCUT2D eigenvalue weighted by Crippen LogP contribution is -2.41. The Morgan fingerprint density at radius 3 is 2.13 bits per heavy atom. The van der Waals surface area contributed by atoms with Gasteiger partial charge in [-0.25, -0.2) is 8.42 Å². The average Bonchev–Trinajstić information content (AvgIpc) is 3.09. The minimum absolute atomic E-state index is 0.0934. The van der Waals surface area contributed by atoms with Crippen LogP contribution in [0.2, 0.25) is 6.32 Å². The van der Waals surface area contributed by atoms with Crippen LogP contribution in [0.3, 0.4) is 0 Å². The van der Waals surface area contributed by atoms with Crippen LogP contribution >= 0.6 is 0 Å². The molecular formula is C23H36BNO4S. The fraction of sp³-hybridized carbons (Fsp3) is 0.739. The Bertz CT molecular complexity index is 859. The fourth-order valence-corrected chi connectivity index (χ4v) is 7.15. The first-order valence-corrected chi connectivity index (χ1v) is 12.8. The van der Waals surface area contributed by atoms with E-state index in [-0.39, 0.29) is 18.6 Å². The highest BCUT2D eigenvalue weighted by Crippen LogP contribution is 2.50. The van der Waals surface area contributed by atoms with E-state index in [0.717, 1.165) is 24.8 Å². The van der Waals surface area contributed by atoms with E-state index in [2.05, 4.69) is 0 Å². The van der Waals surface area contributed by atoms with Gasteiger partial charge in [0.1, 0.15) is 0 Å². The summed E-state index contributed by atoms with van der Waals surface area (Å²) in [5.41, 5.74) is 0.358. The maximum absolute atomic E-state index is 13.7. The highest BCUT2D eigenvalue weighted by atomic mass is 32.2. The number of hydrogen-bond donors (Lipinski definition) is 0. The second kappa shape index (κ2) is 7.61. The molecule has 2 saturated heterocycles. The first kappa shape index (κ1) is 22.3. The van der Waals surface area contributed by atoms with Gasteiger partial charge in [0.25, 0.3) is 0 Å². The second-order valence-corrected chi connectivity index (χ2v) is 12.6. The molecule has 0 bridgehead atoms. The predicted octanol–water partition coefficient (Wildman–Crippen LogP) is 4.80. The van der Waals surface area contributed by atoms with E-state index >= 15 is 0 Å². The molecule has 0 amide bonds. The van der Waals surface area contributed by atoms with E-state index in [1.165, 1.54) is 19.3 Å². The van der Waals surface area contributed by atoms with Gasteiger partial charge >= 0.3 is 7.12 Å². The normalized spacial score (nSPS) is 28.3. The SMILES string of the molecule is Cc1ccc(S(=O)(=O)N2CC3(CCCCC3)CC2CB2OC(C)(C)C(C)(C)O2)cc1. The predicted molar refractivity (Wildman–Crippen MR) is 120 cm³/mol. The number of nitrogens with zero attached hydrogens (tertiary/aromatic N) is 1. The third-order valence-electron chi connectivity index (χ3n) is 7.88. The Balaban J connectivity index is 1.61. The topological polar surface area (TPSA) is 55.8 Å². The minimum atomic E-state index is -3.56. The molecule has 1 spiro atoms. The summed E-state index contributed by atoms with van der Waals surface area (Å²) in [7, 11) is -3.94. The van der Waals surface area contributed by atoms with Gasteiger partial charge in [-0.05, 0) is 77.7 Å². The molecule has 1 atom stereocenters. The highest BCUT2D eigenvalue weighted by molar-refractivity contribution is 7.89. The van der Waals surface area contributed by atoms with Gasteiger partial charge in [-0.15, -0.1) is 0 Å². The van der Waals surface area contributed by atoms with Crippen LogP contribution in [-0.4, -0.2) is 43.6 Å².